The largest absolute Gasteiger partial charge is 0.393 e. The number of carbonyl (C=O) groups excluding carboxylic acids is 1. The van der Waals surface area contributed by atoms with Crippen LogP contribution in [-0.4, -0.2) is 45.4 Å². The molecule has 1 rings (SSSR count). The van der Waals surface area contributed by atoms with Crippen LogP contribution in [0.2, 0.25) is 0 Å². The minimum atomic E-state index is -0.388. The molecule has 1 aromatic rings. The Hall–Kier alpha value is -1.36. The van der Waals surface area contributed by atoms with Crippen molar-refractivity contribution in [2.24, 2.45) is 7.05 Å². The summed E-state index contributed by atoms with van der Waals surface area (Å²) < 4.78 is 1.68. The minimum Gasteiger partial charge on any atom is -0.393 e. The lowest BCUT2D eigenvalue weighted by molar-refractivity contribution is 0.0762. The molecule has 90 valence electrons. The lowest BCUT2D eigenvalue weighted by atomic mass is 10.2. The summed E-state index contributed by atoms with van der Waals surface area (Å²) in [5, 5.41) is 13.3. The molecule has 0 aliphatic heterocycles. The van der Waals surface area contributed by atoms with Crippen LogP contribution >= 0.6 is 0 Å². The fourth-order valence-electron chi connectivity index (χ4n) is 1.34. The van der Waals surface area contributed by atoms with Crippen molar-refractivity contribution in [2.75, 3.05) is 13.6 Å². The third-order valence-corrected chi connectivity index (χ3v) is 2.56. The fraction of sp³-hybridized carbons (Fsp3) is 0.636. The molecular weight excluding hydrogens is 206 g/mol. The Bertz CT molecular complexity index is 352. The Labute approximate surface area is 95.7 Å². The summed E-state index contributed by atoms with van der Waals surface area (Å²) in [5.41, 5.74) is 1.40. The van der Waals surface area contributed by atoms with E-state index in [9.17, 15) is 4.79 Å². The van der Waals surface area contributed by atoms with Crippen molar-refractivity contribution in [3.63, 3.8) is 0 Å². The van der Waals surface area contributed by atoms with Crippen molar-refractivity contribution in [2.45, 2.75) is 26.4 Å². The molecule has 1 amide bonds. The van der Waals surface area contributed by atoms with Gasteiger partial charge in [0.1, 0.15) is 0 Å². The van der Waals surface area contributed by atoms with E-state index in [1.54, 1.807) is 29.6 Å². The lowest BCUT2D eigenvalue weighted by Crippen LogP contribution is -2.29. The molecule has 0 saturated carbocycles. The Morgan fingerprint density at radius 2 is 2.31 bits per heavy atom. The molecular formula is C11H19N3O2. The van der Waals surface area contributed by atoms with Gasteiger partial charge >= 0.3 is 0 Å². The van der Waals surface area contributed by atoms with Crippen molar-refractivity contribution in [3.05, 3.63) is 17.5 Å². The van der Waals surface area contributed by atoms with E-state index < -0.39 is 0 Å². The highest BCUT2D eigenvalue weighted by molar-refractivity contribution is 5.92. The maximum Gasteiger partial charge on any atom is 0.274 e. The second-order valence-electron chi connectivity index (χ2n) is 4.16. The molecule has 5 heteroatoms. The minimum absolute atomic E-state index is 0.107. The van der Waals surface area contributed by atoms with Gasteiger partial charge in [-0.15, -0.1) is 0 Å². The summed E-state index contributed by atoms with van der Waals surface area (Å²) in [4.78, 5) is 13.5. The summed E-state index contributed by atoms with van der Waals surface area (Å²) in [7, 11) is 3.52. The SMILES string of the molecule is Cc1cc(C(=O)N(C)CCC(C)O)nn1C. The molecule has 0 radical (unpaired) electrons. The Balaban J connectivity index is 2.63. The number of nitrogens with zero attached hydrogens (tertiary/aromatic N) is 3. The number of hydrogen-bond donors (Lipinski definition) is 1. The van der Waals surface area contributed by atoms with Crippen LogP contribution in [0.3, 0.4) is 0 Å². The maximum atomic E-state index is 11.9. The van der Waals surface area contributed by atoms with Gasteiger partial charge in [-0.05, 0) is 26.3 Å². The first kappa shape index (κ1) is 12.7. The van der Waals surface area contributed by atoms with Crippen LogP contribution in [0.1, 0.15) is 29.5 Å². The molecule has 0 fully saturated rings. The average Bonchev–Trinajstić information content (AvgIpc) is 2.54. The summed E-state index contributed by atoms with van der Waals surface area (Å²) >= 11 is 0. The number of aliphatic hydroxyl groups excluding tert-OH is 1. The molecule has 1 aromatic heterocycles. The number of aryl methyl sites for hydroxylation is 2. The first-order valence-corrected chi connectivity index (χ1v) is 5.36. The van der Waals surface area contributed by atoms with Gasteiger partial charge in [-0.1, -0.05) is 0 Å². The molecule has 0 aliphatic rings. The zero-order valence-electron chi connectivity index (χ0n) is 10.3. The Morgan fingerprint density at radius 3 is 2.75 bits per heavy atom. The zero-order valence-corrected chi connectivity index (χ0v) is 10.3. The molecule has 0 aliphatic carbocycles. The van der Waals surface area contributed by atoms with Gasteiger partial charge in [0.15, 0.2) is 5.69 Å². The highest BCUT2D eigenvalue weighted by atomic mass is 16.3. The standard InChI is InChI=1S/C11H19N3O2/c1-8-7-10(12-14(8)4)11(16)13(3)6-5-9(2)15/h7,9,15H,5-6H2,1-4H3. The van der Waals surface area contributed by atoms with E-state index in [-0.39, 0.29) is 12.0 Å². The highest BCUT2D eigenvalue weighted by Crippen LogP contribution is 2.05. The van der Waals surface area contributed by atoms with Crippen molar-refractivity contribution in [1.82, 2.24) is 14.7 Å². The third-order valence-electron chi connectivity index (χ3n) is 2.56. The molecule has 0 saturated heterocycles. The number of rotatable bonds is 4. The molecule has 1 unspecified atom stereocenters. The second kappa shape index (κ2) is 5.12. The van der Waals surface area contributed by atoms with Crippen LogP contribution in [0, 0.1) is 6.92 Å². The number of aromatic nitrogens is 2. The van der Waals surface area contributed by atoms with Crippen molar-refractivity contribution in [3.8, 4) is 0 Å². The normalized spacial score (nSPS) is 12.6. The molecule has 1 atom stereocenters. The Kier molecular flexibility index (Phi) is 4.06. The second-order valence-corrected chi connectivity index (χ2v) is 4.16. The van der Waals surface area contributed by atoms with E-state index >= 15 is 0 Å². The van der Waals surface area contributed by atoms with Crippen LogP contribution in [0.4, 0.5) is 0 Å². The quantitative estimate of drug-likeness (QED) is 0.815. The van der Waals surface area contributed by atoms with Crippen molar-refractivity contribution >= 4 is 5.91 Å². The number of carbonyl (C=O) groups is 1. The lowest BCUT2D eigenvalue weighted by Gasteiger charge is -2.16. The predicted molar refractivity (Wildman–Crippen MR) is 61.2 cm³/mol. The van der Waals surface area contributed by atoms with Crippen LogP contribution in [0.25, 0.3) is 0 Å². The van der Waals surface area contributed by atoms with Crippen LogP contribution in [-0.2, 0) is 7.05 Å². The van der Waals surface area contributed by atoms with E-state index in [0.717, 1.165) is 5.69 Å². The topological polar surface area (TPSA) is 58.4 Å². The van der Waals surface area contributed by atoms with Crippen LogP contribution in [0.5, 0.6) is 0 Å². The monoisotopic (exact) mass is 225 g/mol. The number of aliphatic hydroxyl groups is 1. The van der Waals surface area contributed by atoms with Crippen molar-refractivity contribution in [1.29, 1.82) is 0 Å². The maximum absolute atomic E-state index is 11.9. The number of amides is 1. The van der Waals surface area contributed by atoms with Crippen LogP contribution in [0.15, 0.2) is 6.07 Å². The highest BCUT2D eigenvalue weighted by Gasteiger charge is 2.15. The van der Waals surface area contributed by atoms with Crippen LogP contribution < -0.4 is 0 Å². The van der Waals surface area contributed by atoms with Gasteiger partial charge in [-0.25, -0.2) is 0 Å². The van der Waals surface area contributed by atoms with Gasteiger partial charge in [0.2, 0.25) is 0 Å². The first-order valence-electron chi connectivity index (χ1n) is 5.36. The first-order chi connectivity index (χ1) is 7.41. The molecule has 0 spiro atoms. The zero-order chi connectivity index (χ0) is 12.3. The van der Waals surface area contributed by atoms with Gasteiger partial charge in [-0.2, -0.15) is 5.10 Å². The molecule has 0 bridgehead atoms. The summed E-state index contributed by atoms with van der Waals surface area (Å²) in [6.07, 6.45) is 0.189. The summed E-state index contributed by atoms with van der Waals surface area (Å²) in [6, 6.07) is 1.77. The average molecular weight is 225 g/mol. The molecule has 1 heterocycles. The van der Waals surface area contributed by atoms with Gasteiger partial charge in [0.05, 0.1) is 6.10 Å². The van der Waals surface area contributed by atoms with Gasteiger partial charge in [-0.3, -0.25) is 9.48 Å². The fourth-order valence-corrected chi connectivity index (χ4v) is 1.34. The molecule has 5 nitrogen and oxygen atoms in total. The van der Waals surface area contributed by atoms with E-state index in [1.807, 2.05) is 14.0 Å². The molecule has 0 aromatic carbocycles. The van der Waals surface area contributed by atoms with Gasteiger partial charge in [0.25, 0.3) is 5.91 Å². The molecule has 16 heavy (non-hydrogen) atoms. The van der Waals surface area contributed by atoms with E-state index in [4.69, 9.17) is 5.11 Å². The third kappa shape index (κ3) is 3.06. The smallest absolute Gasteiger partial charge is 0.274 e. The number of hydrogen-bond acceptors (Lipinski definition) is 3. The molecule has 1 N–H and O–H groups in total. The predicted octanol–water partition coefficient (Wildman–Crippen LogP) is 0.571. The van der Waals surface area contributed by atoms with E-state index in [1.165, 1.54) is 0 Å². The van der Waals surface area contributed by atoms with Gasteiger partial charge in [0, 0.05) is 26.3 Å². The van der Waals surface area contributed by atoms with Gasteiger partial charge < -0.3 is 10.0 Å². The Morgan fingerprint density at radius 1 is 1.69 bits per heavy atom. The van der Waals surface area contributed by atoms with E-state index in [2.05, 4.69) is 5.10 Å². The van der Waals surface area contributed by atoms with Crippen molar-refractivity contribution < 1.29 is 9.90 Å². The summed E-state index contributed by atoms with van der Waals surface area (Å²) in [6.45, 7) is 4.15. The summed E-state index contributed by atoms with van der Waals surface area (Å²) in [5.74, 6) is -0.107. The van der Waals surface area contributed by atoms with E-state index in [0.29, 0.717) is 18.7 Å².